The molecule has 19 heavy (non-hydrogen) atoms. The standard InChI is InChI=1S/C17H15NO/c1-12-10-13-6-2-3-7-14(13)11-17(12)19-16-9-5-4-8-15(16)18/h2-11H,18H2,1H3. The van der Waals surface area contributed by atoms with E-state index in [9.17, 15) is 0 Å². The minimum absolute atomic E-state index is 0.648. The van der Waals surface area contributed by atoms with E-state index in [-0.39, 0.29) is 0 Å². The van der Waals surface area contributed by atoms with Gasteiger partial charge in [-0.05, 0) is 47.5 Å². The lowest BCUT2D eigenvalue weighted by molar-refractivity contribution is 0.482. The van der Waals surface area contributed by atoms with Crippen LogP contribution in [0.2, 0.25) is 0 Å². The number of para-hydroxylation sites is 2. The van der Waals surface area contributed by atoms with Gasteiger partial charge in [-0.1, -0.05) is 36.4 Å². The largest absolute Gasteiger partial charge is 0.455 e. The molecule has 0 aliphatic rings. The van der Waals surface area contributed by atoms with Crippen LogP contribution in [0.15, 0.2) is 60.7 Å². The molecule has 0 spiro atoms. The Labute approximate surface area is 112 Å². The van der Waals surface area contributed by atoms with Gasteiger partial charge in [-0.3, -0.25) is 0 Å². The molecule has 0 aromatic heterocycles. The van der Waals surface area contributed by atoms with Crippen LogP contribution in [0.25, 0.3) is 10.8 Å². The van der Waals surface area contributed by atoms with Crippen LogP contribution in [0.3, 0.4) is 0 Å². The first-order valence-corrected chi connectivity index (χ1v) is 6.26. The van der Waals surface area contributed by atoms with Gasteiger partial charge >= 0.3 is 0 Å². The third-order valence-corrected chi connectivity index (χ3v) is 3.18. The zero-order valence-corrected chi connectivity index (χ0v) is 10.8. The summed E-state index contributed by atoms with van der Waals surface area (Å²) in [6, 6.07) is 20.0. The Morgan fingerprint density at radius 3 is 2.16 bits per heavy atom. The lowest BCUT2D eigenvalue weighted by Crippen LogP contribution is -1.93. The molecule has 0 atom stereocenters. The van der Waals surface area contributed by atoms with Gasteiger partial charge in [-0.2, -0.15) is 0 Å². The number of fused-ring (bicyclic) bond motifs is 1. The van der Waals surface area contributed by atoms with Gasteiger partial charge in [0.05, 0.1) is 5.69 Å². The van der Waals surface area contributed by atoms with Crippen molar-refractivity contribution in [3.05, 3.63) is 66.2 Å². The average molecular weight is 249 g/mol. The van der Waals surface area contributed by atoms with Crippen molar-refractivity contribution in [2.24, 2.45) is 0 Å². The third kappa shape index (κ3) is 2.25. The summed E-state index contributed by atoms with van der Waals surface area (Å²) in [4.78, 5) is 0. The maximum Gasteiger partial charge on any atom is 0.150 e. The summed E-state index contributed by atoms with van der Waals surface area (Å²) in [5, 5.41) is 2.38. The maximum atomic E-state index is 5.92. The van der Waals surface area contributed by atoms with Crippen LogP contribution in [0.4, 0.5) is 5.69 Å². The average Bonchev–Trinajstić information content (AvgIpc) is 2.42. The lowest BCUT2D eigenvalue weighted by Gasteiger charge is -2.11. The number of rotatable bonds is 2. The van der Waals surface area contributed by atoms with Crippen LogP contribution in [0.5, 0.6) is 11.5 Å². The number of aryl methyl sites for hydroxylation is 1. The molecule has 0 aliphatic carbocycles. The van der Waals surface area contributed by atoms with Crippen LogP contribution >= 0.6 is 0 Å². The van der Waals surface area contributed by atoms with Crippen LogP contribution in [0, 0.1) is 6.92 Å². The molecule has 0 amide bonds. The Morgan fingerprint density at radius 1 is 0.789 bits per heavy atom. The first-order valence-electron chi connectivity index (χ1n) is 6.26. The molecule has 0 aliphatic heterocycles. The monoisotopic (exact) mass is 249 g/mol. The fourth-order valence-corrected chi connectivity index (χ4v) is 2.14. The fraction of sp³-hybridized carbons (Fsp3) is 0.0588. The van der Waals surface area contributed by atoms with Crippen molar-refractivity contribution in [2.45, 2.75) is 6.92 Å². The molecule has 0 saturated heterocycles. The normalized spacial score (nSPS) is 10.6. The van der Waals surface area contributed by atoms with Crippen molar-refractivity contribution in [1.29, 1.82) is 0 Å². The van der Waals surface area contributed by atoms with Crippen molar-refractivity contribution in [1.82, 2.24) is 0 Å². The Bertz CT molecular complexity index is 734. The Balaban J connectivity index is 2.06. The van der Waals surface area contributed by atoms with E-state index in [0.29, 0.717) is 11.4 Å². The van der Waals surface area contributed by atoms with Gasteiger partial charge in [0, 0.05) is 0 Å². The van der Waals surface area contributed by atoms with Gasteiger partial charge in [0.15, 0.2) is 0 Å². The number of hydrogen-bond donors (Lipinski definition) is 1. The SMILES string of the molecule is Cc1cc2ccccc2cc1Oc1ccccc1N. The molecule has 3 aromatic carbocycles. The van der Waals surface area contributed by atoms with Crippen LogP contribution in [0.1, 0.15) is 5.56 Å². The highest BCUT2D eigenvalue weighted by Gasteiger charge is 2.05. The van der Waals surface area contributed by atoms with E-state index in [1.165, 1.54) is 5.39 Å². The third-order valence-electron chi connectivity index (χ3n) is 3.18. The van der Waals surface area contributed by atoms with Crippen LogP contribution < -0.4 is 10.5 Å². The zero-order valence-electron chi connectivity index (χ0n) is 10.8. The van der Waals surface area contributed by atoms with Crippen molar-refractivity contribution in [2.75, 3.05) is 5.73 Å². The van der Waals surface area contributed by atoms with E-state index in [0.717, 1.165) is 16.7 Å². The summed E-state index contributed by atoms with van der Waals surface area (Å²) >= 11 is 0. The van der Waals surface area contributed by atoms with Gasteiger partial charge in [0.25, 0.3) is 0 Å². The van der Waals surface area contributed by atoms with Crippen molar-refractivity contribution in [3.63, 3.8) is 0 Å². The summed E-state index contributed by atoms with van der Waals surface area (Å²) in [6.07, 6.45) is 0. The van der Waals surface area contributed by atoms with Crippen molar-refractivity contribution < 1.29 is 4.74 Å². The van der Waals surface area contributed by atoms with Gasteiger partial charge in [0.2, 0.25) is 0 Å². The minimum Gasteiger partial charge on any atom is -0.455 e. The quantitative estimate of drug-likeness (QED) is 0.677. The minimum atomic E-state index is 0.648. The second-order valence-corrected chi connectivity index (χ2v) is 4.60. The Kier molecular flexibility index (Phi) is 2.84. The second-order valence-electron chi connectivity index (χ2n) is 4.60. The molecule has 94 valence electrons. The number of benzene rings is 3. The zero-order chi connectivity index (χ0) is 13.2. The smallest absolute Gasteiger partial charge is 0.150 e. The molecule has 0 heterocycles. The summed E-state index contributed by atoms with van der Waals surface area (Å²) in [7, 11) is 0. The summed E-state index contributed by atoms with van der Waals surface area (Å²) in [5.74, 6) is 1.54. The molecule has 2 nitrogen and oxygen atoms in total. The molecule has 2 heteroatoms. The van der Waals surface area contributed by atoms with Gasteiger partial charge in [-0.15, -0.1) is 0 Å². The number of nitrogens with two attached hydrogens (primary N) is 1. The highest BCUT2D eigenvalue weighted by atomic mass is 16.5. The summed E-state index contributed by atoms with van der Waals surface area (Å²) in [5.41, 5.74) is 7.65. The van der Waals surface area contributed by atoms with E-state index in [2.05, 4.69) is 24.3 Å². The maximum absolute atomic E-state index is 5.92. The molecule has 0 unspecified atom stereocenters. The molecular formula is C17H15NO. The Morgan fingerprint density at radius 2 is 1.42 bits per heavy atom. The van der Waals surface area contributed by atoms with Crippen molar-refractivity contribution >= 4 is 16.5 Å². The molecule has 2 N–H and O–H groups in total. The predicted molar refractivity (Wildman–Crippen MR) is 79.6 cm³/mol. The first-order chi connectivity index (χ1) is 9.24. The van der Waals surface area contributed by atoms with Gasteiger partial charge < -0.3 is 10.5 Å². The van der Waals surface area contributed by atoms with Gasteiger partial charge in [0.1, 0.15) is 11.5 Å². The van der Waals surface area contributed by atoms with Crippen LogP contribution in [-0.2, 0) is 0 Å². The lowest BCUT2D eigenvalue weighted by atomic mass is 10.1. The number of anilines is 1. The van der Waals surface area contributed by atoms with Gasteiger partial charge in [-0.25, -0.2) is 0 Å². The molecular weight excluding hydrogens is 234 g/mol. The highest BCUT2D eigenvalue weighted by molar-refractivity contribution is 5.85. The van der Waals surface area contributed by atoms with E-state index in [4.69, 9.17) is 10.5 Å². The highest BCUT2D eigenvalue weighted by Crippen LogP contribution is 2.32. The Hall–Kier alpha value is -2.48. The first kappa shape index (κ1) is 11.6. The summed E-state index contributed by atoms with van der Waals surface area (Å²) < 4.78 is 5.92. The predicted octanol–water partition coefficient (Wildman–Crippen LogP) is 4.52. The van der Waals surface area contributed by atoms with E-state index in [1.54, 1.807) is 0 Å². The molecule has 0 fully saturated rings. The fourth-order valence-electron chi connectivity index (χ4n) is 2.14. The number of ether oxygens (including phenoxy) is 1. The van der Waals surface area contributed by atoms with E-state index >= 15 is 0 Å². The molecule has 3 aromatic rings. The van der Waals surface area contributed by atoms with E-state index < -0.39 is 0 Å². The number of nitrogen functional groups attached to an aromatic ring is 1. The topological polar surface area (TPSA) is 35.2 Å². The molecule has 0 bridgehead atoms. The molecule has 0 saturated carbocycles. The van der Waals surface area contributed by atoms with Crippen LogP contribution in [-0.4, -0.2) is 0 Å². The van der Waals surface area contributed by atoms with E-state index in [1.807, 2.05) is 43.3 Å². The summed E-state index contributed by atoms with van der Waals surface area (Å²) in [6.45, 7) is 2.04. The number of hydrogen-bond acceptors (Lipinski definition) is 2. The molecule has 3 rings (SSSR count). The molecule has 0 radical (unpaired) electrons. The second kappa shape index (κ2) is 4.65. The van der Waals surface area contributed by atoms with Crippen molar-refractivity contribution in [3.8, 4) is 11.5 Å².